The van der Waals surface area contributed by atoms with E-state index in [1.54, 1.807) is 20.8 Å². The number of nitrogens with zero attached hydrogens (tertiary/aromatic N) is 2. The summed E-state index contributed by atoms with van der Waals surface area (Å²) < 4.78 is 0.544. The number of hydrogen-bond acceptors (Lipinski definition) is 7. The molecule has 0 aromatic carbocycles. The lowest BCUT2D eigenvalue weighted by Gasteiger charge is -2.15. The second kappa shape index (κ2) is 6.12. The summed E-state index contributed by atoms with van der Waals surface area (Å²) in [6, 6.07) is 0. The summed E-state index contributed by atoms with van der Waals surface area (Å²) >= 11 is 2.31. The Morgan fingerprint density at radius 3 is 2.61 bits per heavy atom. The number of anilines is 1. The number of amides is 2. The van der Waals surface area contributed by atoms with E-state index in [-0.39, 0.29) is 11.7 Å². The van der Waals surface area contributed by atoms with Gasteiger partial charge in [0.25, 0.3) is 5.91 Å². The molecule has 0 atom stereocenters. The smallest absolute Gasteiger partial charge is 0.253 e. The lowest BCUT2D eigenvalue weighted by Crippen LogP contribution is -2.27. The predicted octanol–water partition coefficient (Wildman–Crippen LogP) is 1.12. The largest absolute Gasteiger partial charge is 0.300 e. The molecule has 100 valence electrons. The molecule has 0 bridgehead atoms. The molecule has 0 aliphatic carbocycles. The van der Waals surface area contributed by atoms with Crippen LogP contribution in [0.1, 0.15) is 20.8 Å². The third-order valence-corrected chi connectivity index (χ3v) is 3.73. The molecule has 0 saturated carbocycles. The molecule has 1 rings (SSSR count). The summed E-state index contributed by atoms with van der Waals surface area (Å²) in [5.41, 5.74) is 1.02. The molecule has 0 unspecified atom stereocenters. The van der Waals surface area contributed by atoms with Gasteiger partial charge in [-0.25, -0.2) is 5.48 Å². The van der Waals surface area contributed by atoms with E-state index in [9.17, 15) is 9.59 Å². The van der Waals surface area contributed by atoms with Crippen molar-refractivity contribution in [3.63, 3.8) is 0 Å². The number of nitrogens with one attached hydrogen (secondary N) is 2. The van der Waals surface area contributed by atoms with Crippen LogP contribution in [-0.4, -0.2) is 33.0 Å². The molecular weight excluding hydrogens is 276 g/mol. The summed E-state index contributed by atoms with van der Waals surface area (Å²) in [7, 11) is 0. The Morgan fingerprint density at radius 1 is 1.39 bits per heavy atom. The van der Waals surface area contributed by atoms with E-state index in [0.29, 0.717) is 9.47 Å². The van der Waals surface area contributed by atoms with Crippen LogP contribution < -0.4 is 10.8 Å². The van der Waals surface area contributed by atoms with Crippen molar-refractivity contribution in [2.75, 3.05) is 11.1 Å². The number of rotatable bonds is 4. The molecule has 0 fully saturated rings. The zero-order valence-corrected chi connectivity index (χ0v) is 11.8. The Hall–Kier alpha value is -1.19. The summed E-state index contributed by atoms with van der Waals surface area (Å²) in [5, 5.41) is 19.0. The molecule has 1 aromatic rings. The van der Waals surface area contributed by atoms with E-state index < -0.39 is 11.3 Å². The molecule has 3 N–H and O–H groups in total. The Bertz CT molecular complexity index is 441. The number of hydroxylamine groups is 1. The van der Waals surface area contributed by atoms with Crippen molar-refractivity contribution >= 4 is 40.0 Å². The summed E-state index contributed by atoms with van der Waals surface area (Å²) in [6.07, 6.45) is 0. The van der Waals surface area contributed by atoms with E-state index in [1.165, 1.54) is 16.8 Å². The number of aromatic nitrogens is 2. The van der Waals surface area contributed by atoms with Crippen LogP contribution in [-0.2, 0) is 9.59 Å². The maximum Gasteiger partial charge on any atom is 0.253 e. The normalized spacial score (nSPS) is 11.1. The zero-order valence-electron chi connectivity index (χ0n) is 10.2. The number of carbonyl (C=O) groups is 2. The first-order chi connectivity index (χ1) is 8.32. The summed E-state index contributed by atoms with van der Waals surface area (Å²) in [5.74, 6) is -0.628. The fourth-order valence-electron chi connectivity index (χ4n) is 0.763. The first kappa shape index (κ1) is 14.9. The molecule has 0 spiro atoms. The molecule has 1 heterocycles. The van der Waals surface area contributed by atoms with E-state index >= 15 is 0 Å². The Morgan fingerprint density at radius 2 is 2.06 bits per heavy atom. The van der Waals surface area contributed by atoms with Crippen LogP contribution in [0.3, 0.4) is 0 Å². The van der Waals surface area contributed by atoms with Crippen LogP contribution in [0.5, 0.6) is 0 Å². The molecule has 18 heavy (non-hydrogen) atoms. The lowest BCUT2D eigenvalue weighted by molar-refractivity contribution is -0.126. The van der Waals surface area contributed by atoms with Gasteiger partial charge >= 0.3 is 0 Å². The van der Waals surface area contributed by atoms with Crippen molar-refractivity contribution < 1.29 is 14.8 Å². The van der Waals surface area contributed by atoms with Crippen LogP contribution in [0.15, 0.2) is 4.34 Å². The van der Waals surface area contributed by atoms with Crippen LogP contribution in [0.2, 0.25) is 0 Å². The highest BCUT2D eigenvalue weighted by Crippen LogP contribution is 2.26. The van der Waals surface area contributed by atoms with Crippen LogP contribution in [0.25, 0.3) is 0 Å². The lowest BCUT2D eigenvalue weighted by atomic mass is 9.96. The quantitative estimate of drug-likeness (QED) is 0.332. The van der Waals surface area contributed by atoms with Crippen LogP contribution in [0.4, 0.5) is 5.13 Å². The van der Waals surface area contributed by atoms with Crippen molar-refractivity contribution in [3.05, 3.63) is 0 Å². The average Bonchev–Trinajstić information content (AvgIpc) is 2.72. The minimum atomic E-state index is -0.518. The van der Waals surface area contributed by atoms with Gasteiger partial charge in [0.15, 0.2) is 4.34 Å². The van der Waals surface area contributed by atoms with Gasteiger partial charge in [-0.05, 0) is 0 Å². The van der Waals surface area contributed by atoms with Gasteiger partial charge in [0, 0.05) is 5.41 Å². The molecule has 0 radical (unpaired) electrons. The van der Waals surface area contributed by atoms with Crippen molar-refractivity contribution in [3.8, 4) is 0 Å². The first-order valence-electron chi connectivity index (χ1n) is 5.03. The standard InChI is InChI=1S/C9H14N4O3S2/c1-9(2,3)6(15)10-7-11-12-8(18-7)17-4-5(14)13-16/h16H,4H2,1-3H3,(H,13,14)(H,10,11,15). The maximum atomic E-state index is 11.7. The van der Waals surface area contributed by atoms with Crippen LogP contribution in [0, 0.1) is 5.41 Å². The number of hydrogen-bond donors (Lipinski definition) is 3. The van der Waals surface area contributed by atoms with Gasteiger partial charge in [-0.15, -0.1) is 10.2 Å². The highest BCUT2D eigenvalue weighted by molar-refractivity contribution is 8.01. The van der Waals surface area contributed by atoms with Crippen molar-refractivity contribution in [2.24, 2.45) is 5.41 Å². The van der Waals surface area contributed by atoms with Gasteiger partial charge in [-0.2, -0.15) is 0 Å². The Labute approximate surface area is 112 Å². The van der Waals surface area contributed by atoms with E-state index in [1.807, 2.05) is 0 Å². The molecule has 9 heteroatoms. The van der Waals surface area contributed by atoms with Crippen molar-refractivity contribution in [1.29, 1.82) is 0 Å². The molecule has 7 nitrogen and oxygen atoms in total. The fraction of sp³-hybridized carbons (Fsp3) is 0.556. The van der Waals surface area contributed by atoms with Gasteiger partial charge in [-0.3, -0.25) is 14.8 Å². The SMILES string of the molecule is CC(C)(C)C(=O)Nc1nnc(SCC(=O)NO)s1. The molecule has 0 aliphatic heterocycles. The zero-order chi connectivity index (χ0) is 13.8. The minimum Gasteiger partial charge on any atom is -0.300 e. The molecule has 0 saturated heterocycles. The van der Waals surface area contributed by atoms with Gasteiger partial charge in [0.05, 0.1) is 5.75 Å². The highest BCUT2D eigenvalue weighted by atomic mass is 32.2. The van der Waals surface area contributed by atoms with Gasteiger partial charge in [0.1, 0.15) is 0 Å². The van der Waals surface area contributed by atoms with Gasteiger partial charge in [0.2, 0.25) is 11.0 Å². The monoisotopic (exact) mass is 290 g/mol. The minimum absolute atomic E-state index is 0.0400. The highest BCUT2D eigenvalue weighted by Gasteiger charge is 2.22. The van der Waals surface area contributed by atoms with Gasteiger partial charge in [-0.1, -0.05) is 43.9 Å². The van der Waals surface area contributed by atoms with Gasteiger partial charge < -0.3 is 5.32 Å². The second-order valence-corrected chi connectivity index (χ2v) is 6.60. The molecule has 0 aliphatic rings. The Kier molecular flexibility index (Phi) is 5.05. The topological polar surface area (TPSA) is 104 Å². The third-order valence-electron chi connectivity index (χ3n) is 1.76. The summed E-state index contributed by atoms with van der Waals surface area (Å²) in [6.45, 7) is 5.39. The first-order valence-corrected chi connectivity index (χ1v) is 6.84. The summed E-state index contributed by atoms with van der Waals surface area (Å²) in [4.78, 5) is 22.5. The molecular formula is C9H14N4O3S2. The molecule has 2 amide bonds. The van der Waals surface area contributed by atoms with Crippen molar-refractivity contribution in [2.45, 2.75) is 25.1 Å². The van der Waals surface area contributed by atoms with E-state index in [2.05, 4.69) is 15.5 Å². The average molecular weight is 290 g/mol. The van der Waals surface area contributed by atoms with E-state index in [4.69, 9.17) is 5.21 Å². The van der Waals surface area contributed by atoms with Crippen molar-refractivity contribution in [1.82, 2.24) is 15.7 Å². The third kappa shape index (κ3) is 4.59. The van der Waals surface area contributed by atoms with Crippen LogP contribution >= 0.6 is 23.1 Å². The molecule has 1 aromatic heterocycles. The van der Waals surface area contributed by atoms with E-state index in [0.717, 1.165) is 11.8 Å². The maximum absolute atomic E-state index is 11.7. The predicted molar refractivity (Wildman–Crippen MR) is 68.6 cm³/mol. The number of thioether (sulfide) groups is 1. The second-order valence-electron chi connectivity index (χ2n) is 4.40. The number of carbonyl (C=O) groups excluding carboxylic acids is 2. The Balaban J connectivity index is 2.53. The fourth-order valence-corrected chi connectivity index (χ4v) is 2.30.